The van der Waals surface area contributed by atoms with Crippen molar-refractivity contribution in [3.05, 3.63) is 0 Å². The minimum atomic E-state index is 0.907. The third kappa shape index (κ3) is 3.05. The van der Waals surface area contributed by atoms with Crippen LogP contribution in [0.3, 0.4) is 0 Å². The summed E-state index contributed by atoms with van der Waals surface area (Å²) in [5.41, 5.74) is 0. The first-order valence-corrected chi connectivity index (χ1v) is 6.49. The number of hydrogen-bond acceptors (Lipinski definition) is 2. The summed E-state index contributed by atoms with van der Waals surface area (Å²) in [5.74, 6) is 0. The van der Waals surface area contributed by atoms with Crippen LogP contribution >= 0.6 is 12.2 Å². The van der Waals surface area contributed by atoms with Gasteiger partial charge in [-0.3, -0.25) is 4.90 Å². The molecule has 0 aromatic heterocycles. The van der Waals surface area contributed by atoms with E-state index in [1.165, 1.54) is 25.9 Å². The van der Waals surface area contributed by atoms with E-state index in [0.717, 1.165) is 37.2 Å². The molecule has 0 atom stereocenters. The SMILES string of the molecule is CCCNC(=S)N1CCN(C2CC2)CC1. The zero-order valence-electron chi connectivity index (χ0n) is 9.54. The van der Waals surface area contributed by atoms with Crippen LogP contribution in [-0.4, -0.2) is 53.7 Å². The molecule has 1 aliphatic carbocycles. The van der Waals surface area contributed by atoms with Crippen LogP contribution < -0.4 is 5.32 Å². The normalized spacial score (nSPS) is 22.9. The lowest BCUT2D eigenvalue weighted by molar-refractivity contribution is 0.173. The molecule has 1 N–H and O–H groups in total. The molecule has 1 aliphatic heterocycles. The van der Waals surface area contributed by atoms with Crippen molar-refractivity contribution in [1.29, 1.82) is 0 Å². The molecule has 86 valence electrons. The number of nitrogens with zero attached hydrogens (tertiary/aromatic N) is 2. The lowest BCUT2D eigenvalue weighted by Gasteiger charge is -2.36. The standard InChI is InChI=1S/C11H21N3S/c1-2-5-12-11(15)14-8-6-13(7-9-14)10-3-4-10/h10H,2-9H2,1H3,(H,12,15). The van der Waals surface area contributed by atoms with Crippen LogP contribution in [0.25, 0.3) is 0 Å². The highest BCUT2D eigenvalue weighted by Crippen LogP contribution is 2.27. The molecular formula is C11H21N3S. The van der Waals surface area contributed by atoms with E-state index >= 15 is 0 Å². The summed E-state index contributed by atoms with van der Waals surface area (Å²) in [6, 6.07) is 0.907. The Kier molecular flexibility index (Phi) is 3.81. The fourth-order valence-corrected chi connectivity index (χ4v) is 2.36. The third-order valence-corrected chi connectivity index (χ3v) is 3.59. The lowest BCUT2D eigenvalue weighted by Crippen LogP contribution is -2.52. The van der Waals surface area contributed by atoms with Crippen molar-refractivity contribution in [3.63, 3.8) is 0 Å². The highest BCUT2D eigenvalue weighted by Gasteiger charge is 2.31. The van der Waals surface area contributed by atoms with Gasteiger partial charge in [-0.1, -0.05) is 6.92 Å². The van der Waals surface area contributed by atoms with Crippen molar-refractivity contribution >= 4 is 17.3 Å². The summed E-state index contributed by atoms with van der Waals surface area (Å²) in [5, 5.41) is 4.25. The minimum Gasteiger partial charge on any atom is -0.363 e. The second-order valence-corrected chi connectivity index (χ2v) is 4.87. The van der Waals surface area contributed by atoms with Crippen LogP contribution in [0.1, 0.15) is 26.2 Å². The van der Waals surface area contributed by atoms with Gasteiger partial charge in [-0.05, 0) is 31.5 Å². The van der Waals surface area contributed by atoms with Crippen molar-refractivity contribution < 1.29 is 0 Å². The van der Waals surface area contributed by atoms with Crippen molar-refractivity contribution in [2.75, 3.05) is 32.7 Å². The maximum Gasteiger partial charge on any atom is 0.169 e. The molecule has 0 amide bonds. The average molecular weight is 227 g/mol. The number of hydrogen-bond donors (Lipinski definition) is 1. The Bertz CT molecular complexity index is 220. The number of thiocarbonyl (C=S) groups is 1. The van der Waals surface area contributed by atoms with Gasteiger partial charge in [-0.25, -0.2) is 0 Å². The van der Waals surface area contributed by atoms with Gasteiger partial charge in [-0.2, -0.15) is 0 Å². The van der Waals surface area contributed by atoms with Crippen LogP contribution in [0.15, 0.2) is 0 Å². The summed E-state index contributed by atoms with van der Waals surface area (Å²) in [6.45, 7) is 7.76. The Morgan fingerprint density at radius 2 is 1.93 bits per heavy atom. The predicted molar refractivity (Wildman–Crippen MR) is 67.1 cm³/mol. The fourth-order valence-electron chi connectivity index (χ4n) is 2.07. The van der Waals surface area contributed by atoms with Gasteiger partial charge in [0.05, 0.1) is 0 Å². The Morgan fingerprint density at radius 1 is 1.27 bits per heavy atom. The molecule has 0 unspecified atom stereocenters. The van der Waals surface area contributed by atoms with Gasteiger partial charge in [-0.15, -0.1) is 0 Å². The second kappa shape index (κ2) is 5.12. The second-order valence-electron chi connectivity index (χ2n) is 4.49. The molecule has 15 heavy (non-hydrogen) atoms. The van der Waals surface area contributed by atoms with Gasteiger partial charge >= 0.3 is 0 Å². The predicted octanol–water partition coefficient (Wildman–Crippen LogP) is 1.05. The first kappa shape index (κ1) is 11.1. The quantitative estimate of drug-likeness (QED) is 0.726. The summed E-state index contributed by atoms with van der Waals surface area (Å²) in [4.78, 5) is 4.92. The number of nitrogens with one attached hydrogen (secondary N) is 1. The average Bonchev–Trinajstić information content (AvgIpc) is 3.10. The van der Waals surface area contributed by atoms with E-state index in [9.17, 15) is 0 Å². The first-order valence-electron chi connectivity index (χ1n) is 6.08. The summed E-state index contributed by atoms with van der Waals surface area (Å²) in [6.07, 6.45) is 3.97. The molecule has 1 saturated heterocycles. The van der Waals surface area contributed by atoms with E-state index in [1.807, 2.05) is 0 Å². The first-order chi connectivity index (χ1) is 7.31. The highest BCUT2D eigenvalue weighted by molar-refractivity contribution is 7.80. The van der Waals surface area contributed by atoms with Crippen LogP contribution in [0.2, 0.25) is 0 Å². The van der Waals surface area contributed by atoms with Crippen molar-refractivity contribution in [2.45, 2.75) is 32.2 Å². The van der Waals surface area contributed by atoms with E-state index in [0.29, 0.717) is 0 Å². The summed E-state index contributed by atoms with van der Waals surface area (Å²) < 4.78 is 0. The van der Waals surface area contributed by atoms with E-state index in [1.54, 1.807) is 0 Å². The molecule has 0 radical (unpaired) electrons. The molecule has 2 rings (SSSR count). The fraction of sp³-hybridized carbons (Fsp3) is 0.909. The Morgan fingerprint density at radius 3 is 2.47 bits per heavy atom. The van der Waals surface area contributed by atoms with Gasteiger partial charge in [0.15, 0.2) is 5.11 Å². The van der Waals surface area contributed by atoms with Crippen molar-refractivity contribution in [3.8, 4) is 0 Å². The topological polar surface area (TPSA) is 18.5 Å². The van der Waals surface area contributed by atoms with E-state index < -0.39 is 0 Å². The van der Waals surface area contributed by atoms with Crippen LogP contribution in [0.5, 0.6) is 0 Å². The van der Waals surface area contributed by atoms with E-state index in [2.05, 4.69) is 22.0 Å². The van der Waals surface area contributed by atoms with Crippen molar-refractivity contribution in [2.24, 2.45) is 0 Å². The third-order valence-electron chi connectivity index (χ3n) is 3.19. The molecule has 2 aliphatic rings. The summed E-state index contributed by atoms with van der Waals surface area (Å²) in [7, 11) is 0. The van der Waals surface area contributed by atoms with Gasteiger partial charge in [0.2, 0.25) is 0 Å². The molecular weight excluding hydrogens is 206 g/mol. The molecule has 3 nitrogen and oxygen atoms in total. The summed E-state index contributed by atoms with van der Waals surface area (Å²) >= 11 is 5.36. The zero-order chi connectivity index (χ0) is 10.7. The molecule has 0 aromatic carbocycles. The lowest BCUT2D eigenvalue weighted by atomic mass is 10.3. The number of rotatable bonds is 3. The zero-order valence-corrected chi connectivity index (χ0v) is 10.4. The van der Waals surface area contributed by atoms with Gasteiger partial charge in [0, 0.05) is 38.8 Å². The highest BCUT2D eigenvalue weighted by atomic mass is 32.1. The van der Waals surface area contributed by atoms with Crippen LogP contribution in [0, 0.1) is 0 Å². The Hall–Kier alpha value is -0.350. The maximum atomic E-state index is 5.36. The maximum absolute atomic E-state index is 5.36. The molecule has 0 bridgehead atoms. The largest absolute Gasteiger partial charge is 0.363 e. The molecule has 1 saturated carbocycles. The molecule has 1 heterocycles. The van der Waals surface area contributed by atoms with Gasteiger partial charge < -0.3 is 10.2 Å². The Balaban J connectivity index is 1.69. The van der Waals surface area contributed by atoms with Gasteiger partial charge in [0.1, 0.15) is 0 Å². The molecule has 0 aromatic rings. The number of piperazine rings is 1. The van der Waals surface area contributed by atoms with E-state index in [4.69, 9.17) is 12.2 Å². The van der Waals surface area contributed by atoms with Crippen LogP contribution in [0.4, 0.5) is 0 Å². The van der Waals surface area contributed by atoms with Gasteiger partial charge in [0.25, 0.3) is 0 Å². The monoisotopic (exact) mass is 227 g/mol. The minimum absolute atomic E-state index is 0.907. The van der Waals surface area contributed by atoms with Crippen molar-refractivity contribution in [1.82, 2.24) is 15.1 Å². The Labute approximate surface area is 97.8 Å². The van der Waals surface area contributed by atoms with Crippen LogP contribution in [-0.2, 0) is 0 Å². The molecule has 4 heteroatoms. The molecule has 2 fully saturated rings. The smallest absolute Gasteiger partial charge is 0.169 e. The molecule has 0 spiro atoms. The van der Waals surface area contributed by atoms with E-state index in [-0.39, 0.29) is 0 Å².